The SMILES string of the molecule is Cc1ccc2nc(C(=O)Nc3ccccc3F)cc(N3CCOCC3)c2c1. The number of morpholine rings is 1. The van der Waals surface area contributed by atoms with Crippen LogP contribution < -0.4 is 10.2 Å². The second-order valence-electron chi connectivity index (χ2n) is 6.58. The molecule has 1 fully saturated rings. The van der Waals surface area contributed by atoms with E-state index in [0.717, 1.165) is 35.2 Å². The molecular weight excluding hydrogens is 345 g/mol. The van der Waals surface area contributed by atoms with Crippen molar-refractivity contribution in [2.75, 3.05) is 36.5 Å². The second kappa shape index (κ2) is 7.32. The van der Waals surface area contributed by atoms with Gasteiger partial charge in [0.15, 0.2) is 0 Å². The van der Waals surface area contributed by atoms with Crippen LogP contribution in [0.2, 0.25) is 0 Å². The molecule has 4 rings (SSSR count). The van der Waals surface area contributed by atoms with Crippen molar-refractivity contribution >= 4 is 28.2 Å². The van der Waals surface area contributed by atoms with E-state index in [4.69, 9.17) is 4.74 Å². The number of carbonyl (C=O) groups excluding carboxylic acids is 1. The Morgan fingerprint density at radius 1 is 1.15 bits per heavy atom. The van der Waals surface area contributed by atoms with Crippen molar-refractivity contribution in [3.8, 4) is 0 Å². The summed E-state index contributed by atoms with van der Waals surface area (Å²) in [7, 11) is 0. The van der Waals surface area contributed by atoms with E-state index in [1.807, 2.05) is 19.1 Å². The molecule has 2 aromatic carbocycles. The van der Waals surface area contributed by atoms with Gasteiger partial charge in [0.25, 0.3) is 5.91 Å². The number of amides is 1. The van der Waals surface area contributed by atoms with E-state index in [2.05, 4.69) is 21.3 Å². The normalized spacial score (nSPS) is 14.4. The van der Waals surface area contributed by atoms with E-state index in [9.17, 15) is 9.18 Å². The van der Waals surface area contributed by atoms with Crippen molar-refractivity contribution in [1.82, 2.24) is 4.98 Å². The first-order valence-electron chi connectivity index (χ1n) is 8.92. The van der Waals surface area contributed by atoms with Crippen molar-refractivity contribution < 1.29 is 13.9 Å². The van der Waals surface area contributed by atoms with E-state index in [1.54, 1.807) is 18.2 Å². The van der Waals surface area contributed by atoms with Crippen LogP contribution in [0, 0.1) is 12.7 Å². The summed E-state index contributed by atoms with van der Waals surface area (Å²) < 4.78 is 19.3. The number of carbonyl (C=O) groups is 1. The first-order chi connectivity index (χ1) is 13.1. The third kappa shape index (κ3) is 3.61. The summed E-state index contributed by atoms with van der Waals surface area (Å²) in [5.74, 6) is -0.909. The number of benzene rings is 2. The number of rotatable bonds is 3. The topological polar surface area (TPSA) is 54.5 Å². The molecule has 5 nitrogen and oxygen atoms in total. The molecule has 2 heterocycles. The lowest BCUT2D eigenvalue weighted by atomic mass is 10.1. The van der Waals surface area contributed by atoms with Crippen LogP contribution in [0.25, 0.3) is 10.9 Å². The number of pyridine rings is 1. The van der Waals surface area contributed by atoms with Gasteiger partial charge in [-0.05, 0) is 37.3 Å². The van der Waals surface area contributed by atoms with Crippen LogP contribution in [0.5, 0.6) is 0 Å². The van der Waals surface area contributed by atoms with Gasteiger partial charge in [0, 0.05) is 24.2 Å². The highest BCUT2D eigenvalue weighted by Crippen LogP contribution is 2.29. The second-order valence-corrected chi connectivity index (χ2v) is 6.58. The summed E-state index contributed by atoms with van der Waals surface area (Å²) in [6.45, 7) is 4.82. The molecule has 1 aliphatic rings. The Labute approximate surface area is 156 Å². The van der Waals surface area contributed by atoms with Crippen molar-refractivity contribution in [2.45, 2.75) is 6.92 Å². The Hall–Kier alpha value is -2.99. The Balaban J connectivity index is 1.75. The minimum Gasteiger partial charge on any atom is -0.378 e. The highest BCUT2D eigenvalue weighted by Gasteiger charge is 2.19. The van der Waals surface area contributed by atoms with Gasteiger partial charge in [-0.15, -0.1) is 0 Å². The molecule has 0 unspecified atom stereocenters. The van der Waals surface area contributed by atoms with Crippen LogP contribution in [-0.2, 0) is 4.74 Å². The van der Waals surface area contributed by atoms with E-state index in [1.165, 1.54) is 12.1 Å². The first kappa shape index (κ1) is 17.4. The fourth-order valence-corrected chi connectivity index (χ4v) is 3.25. The predicted octanol–water partition coefficient (Wildman–Crippen LogP) is 3.77. The minimum atomic E-state index is -0.476. The van der Waals surface area contributed by atoms with Gasteiger partial charge in [-0.2, -0.15) is 0 Å². The number of hydrogen-bond donors (Lipinski definition) is 1. The number of aryl methyl sites for hydroxylation is 1. The van der Waals surface area contributed by atoms with E-state index in [-0.39, 0.29) is 11.4 Å². The highest BCUT2D eigenvalue weighted by molar-refractivity contribution is 6.06. The molecule has 1 aliphatic heterocycles. The number of aromatic nitrogens is 1. The van der Waals surface area contributed by atoms with Crippen LogP contribution >= 0.6 is 0 Å². The average molecular weight is 365 g/mol. The first-order valence-corrected chi connectivity index (χ1v) is 8.92. The van der Waals surface area contributed by atoms with Crippen LogP contribution in [0.1, 0.15) is 16.1 Å². The van der Waals surface area contributed by atoms with Crippen LogP contribution in [-0.4, -0.2) is 37.2 Å². The standard InChI is InChI=1S/C21H20FN3O2/c1-14-6-7-17-15(12-14)20(25-8-10-27-11-9-25)13-19(23-17)21(26)24-18-5-3-2-4-16(18)22/h2-7,12-13H,8-11H2,1H3,(H,24,26). The van der Waals surface area contributed by atoms with Crippen molar-refractivity contribution in [2.24, 2.45) is 0 Å². The quantitative estimate of drug-likeness (QED) is 0.768. The fourth-order valence-electron chi connectivity index (χ4n) is 3.25. The van der Waals surface area contributed by atoms with Crippen molar-refractivity contribution in [3.05, 3.63) is 65.6 Å². The van der Waals surface area contributed by atoms with E-state index in [0.29, 0.717) is 13.2 Å². The molecule has 0 bridgehead atoms. The number of hydrogen-bond acceptors (Lipinski definition) is 4. The monoisotopic (exact) mass is 365 g/mol. The summed E-state index contributed by atoms with van der Waals surface area (Å²) in [4.78, 5) is 19.4. The number of nitrogens with one attached hydrogen (secondary N) is 1. The summed E-state index contributed by atoms with van der Waals surface area (Å²) in [5.41, 5.74) is 3.22. The maximum atomic E-state index is 13.9. The Morgan fingerprint density at radius 2 is 1.93 bits per heavy atom. The molecule has 27 heavy (non-hydrogen) atoms. The maximum Gasteiger partial charge on any atom is 0.274 e. The Morgan fingerprint density at radius 3 is 2.70 bits per heavy atom. The zero-order valence-corrected chi connectivity index (χ0v) is 15.0. The molecule has 1 saturated heterocycles. The van der Waals surface area contributed by atoms with Crippen LogP contribution in [0.4, 0.5) is 15.8 Å². The van der Waals surface area contributed by atoms with Crippen LogP contribution in [0.15, 0.2) is 48.5 Å². The molecular formula is C21H20FN3O2. The number of halogens is 1. The molecule has 1 amide bonds. The summed E-state index contributed by atoms with van der Waals surface area (Å²) >= 11 is 0. The Kier molecular flexibility index (Phi) is 4.73. The van der Waals surface area contributed by atoms with Crippen molar-refractivity contribution in [1.29, 1.82) is 0 Å². The molecule has 0 aliphatic carbocycles. The zero-order valence-electron chi connectivity index (χ0n) is 15.0. The Bertz CT molecular complexity index is 1000. The van der Waals surface area contributed by atoms with Crippen molar-refractivity contribution in [3.63, 3.8) is 0 Å². The average Bonchev–Trinajstić information content (AvgIpc) is 2.69. The van der Waals surface area contributed by atoms with Gasteiger partial charge >= 0.3 is 0 Å². The molecule has 6 heteroatoms. The minimum absolute atomic E-state index is 0.140. The summed E-state index contributed by atoms with van der Waals surface area (Å²) in [6, 6.07) is 13.8. The third-order valence-electron chi connectivity index (χ3n) is 4.65. The third-order valence-corrected chi connectivity index (χ3v) is 4.65. The number of fused-ring (bicyclic) bond motifs is 1. The predicted molar refractivity (Wildman–Crippen MR) is 104 cm³/mol. The maximum absolute atomic E-state index is 13.9. The molecule has 0 spiro atoms. The van der Waals surface area contributed by atoms with Gasteiger partial charge < -0.3 is 15.0 Å². The lowest BCUT2D eigenvalue weighted by Gasteiger charge is -2.30. The molecule has 0 atom stereocenters. The van der Waals surface area contributed by atoms with Gasteiger partial charge in [-0.3, -0.25) is 4.79 Å². The number of anilines is 2. The summed E-state index contributed by atoms with van der Waals surface area (Å²) in [5, 5.41) is 3.61. The van der Waals surface area contributed by atoms with E-state index < -0.39 is 11.7 Å². The molecule has 1 N–H and O–H groups in total. The van der Waals surface area contributed by atoms with E-state index >= 15 is 0 Å². The molecule has 138 valence electrons. The van der Waals surface area contributed by atoms with Crippen LogP contribution in [0.3, 0.4) is 0 Å². The largest absolute Gasteiger partial charge is 0.378 e. The number of nitrogens with zero attached hydrogens (tertiary/aromatic N) is 2. The lowest BCUT2D eigenvalue weighted by molar-refractivity contribution is 0.102. The fraction of sp³-hybridized carbons (Fsp3) is 0.238. The smallest absolute Gasteiger partial charge is 0.274 e. The molecule has 1 aromatic heterocycles. The van der Waals surface area contributed by atoms with Gasteiger partial charge in [0.1, 0.15) is 11.5 Å². The highest BCUT2D eigenvalue weighted by atomic mass is 19.1. The molecule has 0 saturated carbocycles. The van der Waals surface area contributed by atoms with Gasteiger partial charge in [-0.25, -0.2) is 9.37 Å². The van der Waals surface area contributed by atoms with Gasteiger partial charge in [0.2, 0.25) is 0 Å². The number of para-hydroxylation sites is 1. The molecule has 0 radical (unpaired) electrons. The van der Waals surface area contributed by atoms with Gasteiger partial charge in [0.05, 0.1) is 24.4 Å². The number of ether oxygens (including phenoxy) is 1. The molecule has 3 aromatic rings. The lowest BCUT2D eigenvalue weighted by Crippen LogP contribution is -2.36. The summed E-state index contributed by atoms with van der Waals surface area (Å²) in [6.07, 6.45) is 0. The van der Waals surface area contributed by atoms with Gasteiger partial charge in [-0.1, -0.05) is 23.8 Å². The zero-order chi connectivity index (χ0) is 18.8.